The van der Waals surface area contributed by atoms with E-state index in [9.17, 15) is 9.59 Å². The lowest BCUT2D eigenvalue weighted by Gasteiger charge is -2.10. The molecule has 2 aromatic carbocycles. The van der Waals surface area contributed by atoms with Gasteiger partial charge in [0.2, 0.25) is 0 Å². The zero-order valence-corrected chi connectivity index (χ0v) is 15.4. The van der Waals surface area contributed by atoms with Crippen molar-refractivity contribution < 1.29 is 9.59 Å². The third-order valence-corrected chi connectivity index (χ3v) is 4.05. The molecule has 0 fully saturated rings. The van der Waals surface area contributed by atoms with Gasteiger partial charge in [0.15, 0.2) is 5.69 Å². The van der Waals surface area contributed by atoms with E-state index in [1.165, 1.54) is 0 Å². The first-order valence-corrected chi connectivity index (χ1v) is 8.97. The van der Waals surface area contributed by atoms with Gasteiger partial charge in [-0.25, -0.2) is 4.68 Å². The number of hydrogen-bond acceptors (Lipinski definition) is 3. The van der Waals surface area contributed by atoms with Gasteiger partial charge in [0.05, 0.1) is 16.9 Å². The molecule has 0 unspecified atom stereocenters. The molecule has 1 heterocycles. The quantitative estimate of drug-likeness (QED) is 0.708. The highest BCUT2D eigenvalue weighted by Gasteiger charge is 2.28. The third-order valence-electron chi connectivity index (χ3n) is 4.05. The van der Waals surface area contributed by atoms with Crippen molar-refractivity contribution in [3.63, 3.8) is 0 Å². The molecule has 0 saturated carbocycles. The Bertz CT molecular complexity index is 934. The topological polar surface area (TPSA) is 76.0 Å². The van der Waals surface area contributed by atoms with E-state index in [0.29, 0.717) is 18.8 Å². The van der Waals surface area contributed by atoms with E-state index < -0.39 is 0 Å². The molecule has 0 saturated heterocycles. The molecule has 138 valence electrons. The van der Waals surface area contributed by atoms with Crippen molar-refractivity contribution in [3.8, 4) is 16.9 Å². The van der Waals surface area contributed by atoms with Crippen LogP contribution < -0.4 is 10.6 Å². The highest BCUT2D eigenvalue weighted by molar-refractivity contribution is 6.10. The van der Waals surface area contributed by atoms with Crippen molar-refractivity contribution in [3.05, 3.63) is 71.9 Å². The summed E-state index contributed by atoms with van der Waals surface area (Å²) in [7, 11) is 0. The van der Waals surface area contributed by atoms with Crippen LogP contribution in [-0.2, 0) is 0 Å². The van der Waals surface area contributed by atoms with E-state index in [1.807, 2.05) is 74.5 Å². The van der Waals surface area contributed by atoms with Crippen molar-refractivity contribution in [2.75, 3.05) is 13.1 Å². The molecule has 0 aliphatic heterocycles. The van der Waals surface area contributed by atoms with Gasteiger partial charge in [-0.1, -0.05) is 48.5 Å². The first kappa shape index (κ1) is 18.4. The van der Waals surface area contributed by atoms with Crippen LogP contribution in [0.2, 0.25) is 0 Å². The van der Waals surface area contributed by atoms with Gasteiger partial charge >= 0.3 is 0 Å². The minimum absolute atomic E-state index is 0.116. The van der Waals surface area contributed by atoms with Crippen LogP contribution in [0.5, 0.6) is 0 Å². The summed E-state index contributed by atoms with van der Waals surface area (Å²) < 4.78 is 1.66. The Hall–Kier alpha value is -3.41. The van der Waals surface area contributed by atoms with Gasteiger partial charge in [0.1, 0.15) is 0 Å². The lowest BCUT2D eigenvalue weighted by atomic mass is 10.0. The number of amides is 2. The van der Waals surface area contributed by atoms with Gasteiger partial charge < -0.3 is 10.6 Å². The second-order valence-corrected chi connectivity index (χ2v) is 5.90. The number of hydrogen-bond donors (Lipinski definition) is 2. The highest BCUT2D eigenvalue weighted by Crippen LogP contribution is 2.29. The van der Waals surface area contributed by atoms with Gasteiger partial charge in [-0.3, -0.25) is 9.59 Å². The largest absolute Gasteiger partial charge is 0.352 e. The summed E-state index contributed by atoms with van der Waals surface area (Å²) in [6.07, 6.45) is 0. The predicted molar refractivity (Wildman–Crippen MR) is 105 cm³/mol. The Balaban J connectivity index is 2.31. The summed E-state index contributed by atoms with van der Waals surface area (Å²) in [4.78, 5) is 25.5. The highest BCUT2D eigenvalue weighted by atomic mass is 16.2. The van der Waals surface area contributed by atoms with Crippen LogP contribution in [0.1, 0.15) is 34.7 Å². The smallest absolute Gasteiger partial charge is 0.272 e. The second kappa shape index (κ2) is 8.31. The van der Waals surface area contributed by atoms with Crippen LogP contribution in [0.3, 0.4) is 0 Å². The van der Waals surface area contributed by atoms with Crippen LogP contribution in [-0.4, -0.2) is 34.7 Å². The van der Waals surface area contributed by atoms with Crippen molar-refractivity contribution in [1.29, 1.82) is 0 Å². The molecule has 1 aromatic heterocycles. The van der Waals surface area contributed by atoms with Gasteiger partial charge in [-0.15, -0.1) is 0 Å². The number of nitrogens with zero attached hydrogens (tertiary/aromatic N) is 2. The Morgan fingerprint density at radius 1 is 0.852 bits per heavy atom. The fourth-order valence-corrected chi connectivity index (χ4v) is 2.90. The Morgan fingerprint density at radius 2 is 1.41 bits per heavy atom. The van der Waals surface area contributed by atoms with Crippen molar-refractivity contribution in [2.24, 2.45) is 0 Å². The summed E-state index contributed by atoms with van der Waals surface area (Å²) in [5, 5.41) is 10.1. The summed E-state index contributed by atoms with van der Waals surface area (Å²) in [5.41, 5.74) is 2.57. The molecular formula is C21H22N4O2. The number of carbonyl (C=O) groups excluding carboxylic acids is 2. The maximum atomic E-state index is 12.9. The molecule has 0 radical (unpaired) electrons. The third kappa shape index (κ3) is 3.74. The minimum atomic E-state index is -0.370. The lowest BCUT2D eigenvalue weighted by molar-refractivity contribution is 0.0919. The molecule has 0 aliphatic rings. The van der Waals surface area contributed by atoms with E-state index in [0.717, 1.165) is 11.3 Å². The molecule has 27 heavy (non-hydrogen) atoms. The summed E-state index contributed by atoms with van der Waals surface area (Å²) in [5.74, 6) is -0.689. The van der Waals surface area contributed by atoms with Gasteiger partial charge in [0.25, 0.3) is 11.8 Å². The SMILES string of the molecule is CCNC(=O)c1nn(-c2ccccc2)c(-c2ccccc2)c1C(=O)NCC. The van der Waals surface area contributed by atoms with E-state index in [2.05, 4.69) is 15.7 Å². The average Bonchev–Trinajstić information content (AvgIpc) is 3.10. The van der Waals surface area contributed by atoms with Crippen LogP contribution in [0.15, 0.2) is 60.7 Å². The van der Waals surface area contributed by atoms with Gasteiger partial charge in [-0.2, -0.15) is 5.10 Å². The summed E-state index contributed by atoms with van der Waals surface area (Å²) in [6.45, 7) is 4.58. The van der Waals surface area contributed by atoms with Crippen LogP contribution in [0.25, 0.3) is 16.9 Å². The zero-order chi connectivity index (χ0) is 19.2. The molecule has 6 nitrogen and oxygen atoms in total. The van der Waals surface area contributed by atoms with Gasteiger partial charge in [-0.05, 0) is 26.0 Å². The van der Waals surface area contributed by atoms with Gasteiger partial charge in [0, 0.05) is 18.7 Å². The van der Waals surface area contributed by atoms with Crippen LogP contribution >= 0.6 is 0 Å². The van der Waals surface area contributed by atoms with Crippen LogP contribution in [0, 0.1) is 0 Å². The van der Waals surface area contributed by atoms with Crippen LogP contribution in [0.4, 0.5) is 0 Å². The van der Waals surface area contributed by atoms with E-state index >= 15 is 0 Å². The molecule has 3 aromatic rings. The minimum Gasteiger partial charge on any atom is -0.352 e. The molecule has 0 aliphatic carbocycles. The fraction of sp³-hybridized carbons (Fsp3) is 0.190. The molecular weight excluding hydrogens is 340 g/mol. The Kier molecular flexibility index (Phi) is 5.66. The van der Waals surface area contributed by atoms with Crippen molar-refractivity contribution >= 4 is 11.8 Å². The van der Waals surface area contributed by atoms with E-state index in [4.69, 9.17) is 0 Å². The van der Waals surface area contributed by atoms with E-state index in [1.54, 1.807) is 4.68 Å². The molecule has 0 bridgehead atoms. The zero-order valence-electron chi connectivity index (χ0n) is 15.4. The molecule has 2 N–H and O–H groups in total. The molecule has 0 spiro atoms. The predicted octanol–water partition coefficient (Wildman–Crippen LogP) is 3.04. The maximum Gasteiger partial charge on any atom is 0.272 e. The summed E-state index contributed by atoms with van der Waals surface area (Å²) in [6, 6.07) is 19.0. The number of benzene rings is 2. The fourth-order valence-electron chi connectivity index (χ4n) is 2.90. The maximum absolute atomic E-state index is 12.9. The van der Waals surface area contributed by atoms with Crippen molar-refractivity contribution in [2.45, 2.75) is 13.8 Å². The first-order valence-electron chi connectivity index (χ1n) is 8.97. The summed E-state index contributed by atoms with van der Waals surface area (Å²) >= 11 is 0. The van der Waals surface area contributed by atoms with Crippen molar-refractivity contribution in [1.82, 2.24) is 20.4 Å². The average molecular weight is 362 g/mol. The first-order chi connectivity index (χ1) is 13.2. The number of rotatable bonds is 6. The standard InChI is InChI=1S/C21H22N4O2/c1-3-22-20(26)17-18(21(27)23-4-2)24-25(16-13-9-6-10-14-16)19(17)15-11-7-5-8-12-15/h5-14H,3-4H2,1-2H3,(H,22,26)(H,23,27). The Labute approximate surface area is 158 Å². The van der Waals surface area contributed by atoms with E-state index in [-0.39, 0.29) is 23.1 Å². The number of para-hydroxylation sites is 1. The monoisotopic (exact) mass is 362 g/mol. The Morgan fingerprint density at radius 3 is 2.00 bits per heavy atom. The molecule has 0 atom stereocenters. The molecule has 6 heteroatoms. The number of aromatic nitrogens is 2. The lowest BCUT2D eigenvalue weighted by Crippen LogP contribution is -2.29. The molecule has 2 amide bonds. The second-order valence-electron chi connectivity index (χ2n) is 5.90. The molecule has 3 rings (SSSR count). The normalized spacial score (nSPS) is 10.4. The number of carbonyl (C=O) groups is 2. The number of nitrogens with one attached hydrogen (secondary N) is 2.